The molecule has 0 radical (unpaired) electrons. The lowest BCUT2D eigenvalue weighted by atomic mass is 10.4. The topological polar surface area (TPSA) is 90.9 Å². The zero-order valence-electron chi connectivity index (χ0n) is 8.28. The van der Waals surface area contributed by atoms with Crippen LogP contribution in [0.2, 0.25) is 0 Å². The lowest BCUT2D eigenvalue weighted by Crippen LogP contribution is -2.24. The van der Waals surface area contributed by atoms with Gasteiger partial charge in [0.1, 0.15) is 5.84 Å². The smallest absolute Gasteiger partial charge is 0.140 e. The summed E-state index contributed by atoms with van der Waals surface area (Å²) in [5, 5.41) is 22.8. The second-order valence-electron chi connectivity index (χ2n) is 2.78. The number of rotatable bonds is 9. The summed E-state index contributed by atoms with van der Waals surface area (Å²) in [5.41, 5.74) is 5.28. The van der Waals surface area contributed by atoms with Gasteiger partial charge in [-0.1, -0.05) is 5.16 Å². The Bertz CT molecular complexity index is 156. The SMILES string of the molecule is NC(CCNCCSCCCO)=NO. The number of thioether (sulfide) groups is 1. The molecular formula is C8H19N3O2S. The Kier molecular flexibility index (Phi) is 10.3. The molecular weight excluding hydrogens is 202 g/mol. The highest BCUT2D eigenvalue weighted by Gasteiger charge is 1.93. The molecule has 14 heavy (non-hydrogen) atoms. The monoisotopic (exact) mass is 221 g/mol. The number of oxime groups is 1. The summed E-state index contributed by atoms with van der Waals surface area (Å²) in [4.78, 5) is 0. The van der Waals surface area contributed by atoms with E-state index in [9.17, 15) is 0 Å². The Hall–Kier alpha value is -0.460. The molecule has 0 heterocycles. The molecule has 0 unspecified atom stereocenters. The van der Waals surface area contributed by atoms with Crippen molar-refractivity contribution in [2.75, 3.05) is 31.2 Å². The van der Waals surface area contributed by atoms with Crippen LogP contribution in [-0.4, -0.2) is 47.4 Å². The third-order valence-corrected chi connectivity index (χ3v) is 2.63. The van der Waals surface area contributed by atoms with Crippen LogP contribution in [-0.2, 0) is 0 Å². The lowest BCUT2D eigenvalue weighted by Gasteiger charge is -2.03. The average Bonchev–Trinajstić information content (AvgIpc) is 2.21. The minimum Gasteiger partial charge on any atom is -0.409 e. The van der Waals surface area contributed by atoms with E-state index in [1.165, 1.54) is 0 Å². The predicted octanol–water partition coefficient (Wildman–Crippen LogP) is -0.172. The third-order valence-electron chi connectivity index (χ3n) is 1.56. The minimum atomic E-state index is 0.255. The van der Waals surface area contributed by atoms with E-state index >= 15 is 0 Å². The van der Waals surface area contributed by atoms with Crippen LogP contribution in [0.5, 0.6) is 0 Å². The Morgan fingerprint density at radius 3 is 2.79 bits per heavy atom. The van der Waals surface area contributed by atoms with Crippen LogP contribution in [0.1, 0.15) is 12.8 Å². The van der Waals surface area contributed by atoms with Gasteiger partial charge in [0.2, 0.25) is 0 Å². The summed E-state index contributed by atoms with van der Waals surface area (Å²) >= 11 is 1.81. The van der Waals surface area contributed by atoms with Crippen LogP contribution in [0.25, 0.3) is 0 Å². The van der Waals surface area contributed by atoms with Gasteiger partial charge in [-0.05, 0) is 12.2 Å². The molecule has 0 bridgehead atoms. The normalized spacial score (nSPS) is 11.9. The molecule has 0 saturated heterocycles. The Balaban J connectivity index is 2.99. The van der Waals surface area contributed by atoms with Gasteiger partial charge in [-0.15, -0.1) is 0 Å². The van der Waals surface area contributed by atoms with Crippen LogP contribution in [0, 0.1) is 0 Å². The summed E-state index contributed by atoms with van der Waals surface area (Å²) in [5.74, 6) is 2.28. The van der Waals surface area contributed by atoms with Gasteiger partial charge in [0, 0.05) is 31.9 Å². The first-order chi connectivity index (χ1) is 6.81. The molecule has 0 rings (SSSR count). The van der Waals surface area contributed by atoms with Gasteiger partial charge in [0.25, 0.3) is 0 Å². The molecule has 0 aliphatic carbocycles. The largest absolute Gasteiger partial charge is 0.409 e. The summed E-state index contributed by atoms with van der Waals surface area (Å²) in [7, 11) is 0. The maximum atomic E-state index is 8.52. The first-order valence-corrected chi connectivity index (χ1v) is 5.82. The Morgan fingerprint density at radius 2 is 2.14 bits per heavy atom. The van der Waals surface area contributed by atoms with Gasteiger partial charge in [-0.3, -0.25) is 0 Å². The molecule has 0 aromatic heterocycles. The van der Waals surface area contributed by atoms with Crippen molar-refractivity contribution in [1.82, 2.24) is 5.32 Å². The van der Waals surface area contributed by atoms with E-state index in [1.807, 2.05) is 11.8 Å². The van der Waals surface area contributed by atoms with E-state index in [-0.39, 0.29) is 12.4 Å². The number of hydrogen-bond donors (Lipinski definition) is 4. The summed E-state index contributed by atoms with van der Waals surface area (Å²) in [6.07, 6.45) is 1.42. The zero-order valence-corrected chi connectivity index (χ0v) is 9.09. The second-order valence-corrected chi connectivity index (χ2v) is 4.01. The molecule has 0 saturated carbocycles. The van der Waals surface area contributed by atoms with E-state index in [0.717, 1.165) is 31.0 Å². The third kappa shape index (κ3) is 9.63. The number of nitrogens with two attached hydrogens (primary N) is 1. The molecule has 5 N–H and O–H groups in total. The van der Waals surface area contributed by atoms with Crippen molar-refractivity contribution in [2.45, 2.75) is 12.8 Å². The van der Waals surface area contributed by atoms with E-state index in [1.54, 1.807) is 0 Å². The molecule has 0 amide bonds. The molecule has 84 valence electrons. The van der Waals surface area contributed by atoms with Gasteiger partial charge < -0.3 is 21.4 Å². The molecule has 0 aromatic rings. The number of aliphatic hydroxyl groups excluding tert-OH is 1. The predicted molar refractivity (Wildman–Crippen MR) is 59.9 cm³/mol. The molecule has 6 heteroatoms. The first kappa shape index (κ1) is 13.5. The second kappa shape index (κ2) is 10.6. The fourth-order valence-corrected chi connectivity index (χ4v) is 1.63. The Labute approximate surface area is 88.7 Å². The van der Waals surface area contributed by atoms with Crippen LogP contribution in [0.3, 0.4) is 0 Å². The van der Waals surface area contributed by atoms with Crippen molar-refractivity contribution >= 4 is 17.6 Å². The highest BCUT2D eigenvalue weighted by Crippen LogP contribution is 1.99. The maximum Gasteiger partial charge on any atom is 0.140 e. The standard InChI is InChI=1S/C8H19N3O2S/c9-8(11-13)2-3-10-4-7-14-6-1-5-12/h10,12-13H,1-7H2,(H2,9,11). The lowest BCUT2D eigenvalue weighted by molar-refractivity contribution is 0.296. The quantitative estimate of drug-likeness (QED) is 0.143. The van der Waals surface area contributed by atoms with Crippen molar-refractivity contribution in [3.63, 3.8) is 0 Å². The van der Waals surface area contributed by atoms with Crippen LogP contribution in [0.15, 0.2) is 5.16 Å². The van der Waals surface area contributed by atoms with Gasteiger partial charge in [-0.25, -0.2) is 0 Å². The summed E-state index contributed by atoms with van der Waals surface area (Å²) < 4.78 is 0. The van der Waals surface area contributed by atoms with Gasteiger partial charge in [-0.2, -0.15) is 11.8 Å². The number of aliphatic hydroxyl groups is 1. The van der Waals surface area contributed by atoms with Crippen molar-refractivity contribution in [1.29, 1.82) is 0 Å². The zero-order chi connectivity index (χ0) is 10.6. The van der Waals surface area contributed by atoms with Crippen molar-refractivity contribution in [2.24, 2.45) is 10.9 Å². The number of amidine groups is 1. The van der Waals surface area contributed by atoms with Crippen molar-refractivity contribution in [3.8, 4) is 0 Å². The van der Waals surface area contributed by atoms with E-state index in [0.29, 0.717) is 6.42 Å². The number of nitrogens with one attached hydrogen (secondary N) is 1. The van der Waals surface area contributed by atoms with E-state index < -0.39 is 0 Å². The number of nitrogens with zero attached hydrogens (tertiary/aromatic N) is 1. The molecule has 0 aromatic carbocycles. The highest BCUT2D eigenvalue weighted by molar-refractivity contribution is 7.99. The van der Waals surface area contributed by atoms with Crippen molar-refractivity contribution in [3.05, 3.63) is 0 Å². The molecule has 0 atom stereocenters. The van der Waals surface area contributed by atoms with Gasteiger partial charge in [0.15, 0.2) is 0 Å². The van der Waals surface area contributed by atoms with Gasteiger partial charge >= 0.3 is 0 Å². The van der Waals surface area contributed by atoms with E-state index in [4.69, 9.17) is 16.0 Å². The first-order valence-electron chi connectivity index (χ1n) is 4.67. The fraction of sp³-hybridized carbons (Fsp3) is 0.875. The van der Waals surface area contributed by atoms with Crippen LogP contribution in [0.4, 0.5) is 0 Å². The summed E-state index contributed by atoms with van der Waals surface area (Å²) in [6.45, 7) is 1.91. The maximum absolute atomic E-state index is 8.52. The highest BCUT2D eigenvalue weighted by atomic mass is 32.2. The van der Waals surface area contributed by atoms with E-state index in [2.05, 4.69) is 10.5 Å². The molecule has 5 nitrogen and oxygen atoms in total. The van der Waals surface area contributed by atoms with Crippen LogP contribution >= 0.6 is 11.8 Å². The summed E-state index contributed by atoms with van der Waals surface area (Å²) in [6, 6.07) is 0. The molecule has 0 spiro atoms. The number of hydrogen-bond acceptors (Lipinski definition) is 5. The van der Waals surface area contributed by atoms with Crippen LogP contribution < -0.4 is 11.1 Å². The molecule has 0 fully saturated rings. The molecule has 0 aliphatic rings. The van der Waals surface area contributed by atoms with Gasteiger partial charge in [0.05, 0.1) is 0 Å². The van der Waals surface area contributed by atoms with Crippen molar-refractivity contribution < 1.29 is 10.3 Å². The fourth-order valence-electron chi connectivity index (χ4n) is 0.804. The Morgan fingerprint density at radius 1 is 1.36 bits per heavy atom. The minimum absolute atomic E-state index is 0.255. The molecule has 0 aliphatic heterocycles. The average molecular weight is 221 g/mol.